The summed E-state index contributed by atoms with van der Waals surface area (Å²) in [6.45, 7) is -0.714. The zero-order valence-corrected chi connectivity index (χ0v) is 17.7. The van der Waals surface area contributed by atoms with Crippen LogP contribution in [0.5, 0.6) is 0 Å². The number of carbonyl (C=O) groups is 2. The van der Waals surface area contributed by atoms with Crippen LogP contribution in [0.1, 0.15) is 67.5 Å². The van der Waals surface area contributed by atoms with E-state index in [1.54, 1.807) is 6.07 Å². The van der Waals surface area contributed by atoms with Crippen molar-refractivity contribution >= 4 is 40.2 Å². The molecular formula is C22H24ClF2N3O3. The second-order valence-electron chi connectivity index (χ2n) is 8.93. The molecule has 9 heteroatoms. The van der Waals surface area contributed by atoms with Gasteiger partial charge in [0.1, 0.15) is 5.58 Å². The first kappa shape index (κ1) is 20.5. The summed E-state index contributed by atoms with van der Waals surface area (Å²) in [5, 5.41) is 9.08. The third kappa shape index (κ3) is 3.45. The molecule has 31 heavy (non-hydrogen) atoms. The van der Waals surface area contributed by atoms with Gasteiger partial charge in [0.15, 0.2) is 5.76 Å². The molecule has 0 unspecified atom stereocenters. The van der Waals surface area contributed by atoms with E-state index >= 15 is 0 Å². The molecule has 2 fully saturated rings. The number of nitrogens with one attached hydrogen (secondary N) is 3. The van der Waals surface area contributed by atoms with Crippen LogP contribution in [-0.2, 0) is 5.54 Å². The summed E-state index contributed by atoms with van der Waals surface area (Å²) < 4.78 is 34.3. The van der Waals surface area contributed by atoms with E-state index in [1.165, 1.54) is 6.07 Å². The molecule has 1 aliphatic heterocycles. The number of benzene rings is 1. The highest BCUT2D eigenvalue weighted by atomic mass is 35.5. The zero-order valence-electron chi connectivity index (χ0n) is 17.0. The van der Waals surface area contributed by atoms with E-state index in [4.69, 9.17) is 16.0 Å². The third-order valence-corrected chi connectivity index (χ3v) is 7.24. The molecular weight excluding hydrogens is 428 g/mol. The van der Waals surface area contributed by atoms with E-state index < -0.39 is 29.8 Å². The Kier molecular flexibility index (Phi) is 4.88. The predicted octanol–water partition coefficient (Wildman–Crippen LogP) is 5.55. The van der Waals surface area contributed by atoms with Crippen molar-refractivity contribution in [1.29, 1.82) is 0 Å². The Morgan fingerprint density at radius 1 is 1.23 bits per heavy atom. The van der Waals surface area contributed by atoms with Crippen LogP contribution in [0.4, 0.5) is 19.3 Å². The summed E-state index contributed by atoms with van der Waals surface area (Å²) in [7, 11) is 0. The van der Waals surface area contributed by atoms with Gasteiger partial charge in [-0.05, 0) is 37.8 Å². The van der Waals surface area contributed by atoms with Crippen molar-refractivity contribution in [2.75, 3.05) is 11.9 Å². The zero-order chi connectivity index (χ0) is 21.8. The molecule has 6 nitrogen and oxygen atoms in total. The van der Waals surface area contributed by atoms with Gasteiger partial charge in [-0.15, -0.1) is 0 Å². The van der Waals surface area contributed by atoms with Gasteiger partial charge in [0, 0.05) is 16.9 Å². The average molecular weight is 452 g/mol. The maximum absolute atomic E-state index is 14.2. The summed E-state index contributed by atoms with van der Waals surface area (Å²) in [5.41, 5.74) is 1.04. The fourth-order valence-electron chi connectivity index (χ4n) is 5.06. The summed E-state index contributed by atoms with van der Waals surface area (Å²) in [4.78, 5) is 24.9. The first-order chi connectivity index (χ1) is 14.8. The largest absolute Gasteiger partial charge is 0.450 e. The van der Waals surface area contributed by atoms with E-state index in [9.17, 15) is 18.4 Å². The van der Waals surface area contributed by atoms with E-state index in [2.05, 4.69) is 16.0 Å². The van der Waals surface area contributed by atoms with Gasteiger partial charge in [-0.25, -0.2) is 13.6 Å². The van der Waals surface area contributed by atoms with E-state index in [-0.39, 0.29) is 11.8 Å². The molecule has 1 aromatic carbocycles. The fraction of sp³-hybridized carbons (Fsp3) is 0.545. The van der Waals surface area contributed by atoms with Gasteiger partial charge >= 0.3 is 6.03 Å². The van der Waals surface area contributed by atoms with Crippen molar-refractivity contribution in [3.8, 4) is 0 Å². The van der Waals surface area contributed by atoms with Gasteiger partial charge in [-0.1, -0.05) is 37.3 Å². The predicted molar refractivity (Wildman–Crippen MR) is 113 cm³/mol. The summed E-state index contributed by atoms with van der Waals surface area (Å²) >= 11 is 6.47. The molecule has 1 spiro atoms. The van der Waals surface area contributed by atoms with E-state index in [0.717, 1.165) is 44.1 Å². The van der Waals surface area contributed by atoms with Crippen LogP contribution in [0, 0.1) is 5.92 Å². The van der Waals surface area contributed by atoms with Gasteiger partial charge in [0.2, 0.25) is 0 Å². The molecule has 3 N–H and O–H groups in total. The first-order valence-corrected chi connectivity index (χ1v) is 11.2. The molecule has 0 radical (unpaired) electrons. The lowest BCUT2D eigenvalue weighted by Gasteiger charge is -2.42. The van der Waals surface area contributed by atoms with Crippen molar-refractivity contribution < 1.29 is 22.8 Å². The second-order valence-corrected chi connectivity index (χ2v) is 9.34. The van der Waals surface area contributed by atoms with Crippen LogP contribution in [0.2, 0.25) is 5.02 Å². The van der Waals surface area contributed by atoms with Crippen LogP contribution in [0.3, 0.4) is 0 Å². The second kappa shape index (κ2) is 7.36. The number of anilines is 1. The normalized spacial score (nSPS) is 20.7. The average Bonchev–Trinajstić information content (AvgIpc) is 3.08. The Labute approximate surface area is 183 Å². The minimum atomic E-state index is -2.93. The maximum Gasteiger partial charge on any atom is 0.319 e. The number of hydrogen-bond acceptors (Lipinski definition) is 3. The SMILES string of the molecule is O=C1Nc2c(Cl)cc3cc(C(=O)NCC(F)(F)C4CCC4)oc3c2C2(CCCCC2)N1. The highest BCUT2D eigenvalue weighted by molar-refractivity contribution is 6.35. The smallest absolute Gasteiger partial charge is 0.319 e. The van der Waals surface area contributed by atoms with Crippen molar-refractivity contribution in [2.45, 2.75) is 62.8 Å². The molecule has 0 saturated heterocycles. The molecule has 5 rings (SSSR count). The molecule has 1 aromatic heterocycles. The lowest BCUT2D eigenvalue weighted by molar-refractivity contribution is -0.0829. The number of halogens is 3. The quantitative estimate of drug-likeness (QED) is 0.570. The van der Waals surface area contributed by atoms with Crippen molar-refractivity contribution in [3.63, 3.8) is 0 Å². The number of hydrogen-bond donors (Lipinski definition) is 3. The Balaban J connectivity index is 1.49. The topological polar surface area (TPSA) is 83.4 Å². The third-order valence-electron chi connectivity index (χ3n) is 6.95. The highest BCUT2D eigenvalue weighted by Crippen LogP contribution is 2.49. The van der Waals surface area contributed by atoms with Crippen molar-refractivity contribution in [3.05, 3.63) is 28.5 Å². The Hall–Kier alpha value is -2.35. The van der Waals surface area contributed by atoms with E-state index in [0.29, 0.717) is 34.5 Å². The van der Waals surface area contributed by atoms with Crippen LogP contribution in [0.15, 0.2) is 16.5 Å². The fourth-order valence-corrected chi connectivity index (χ4v) is 5.31. The van der Waals surface area contributed by atoms with Crippen LogP contribution < -0.4 is 16.0 Å². The molecule has 166 valence electrons. The summed E-state index contributed by atoms with van der Waals surface area (Å²) in [6.07, 6.45) is 6.20. The number of alkyl halides is 2. The standard InChI is InChI=1S/C22H24ClF2N3O3/c23-14-9-12-10-15(19(29)26-11-22(24,25)13-5-4-6-13)31-18(12)16-17(14)27-20(30)28-21(16)7-2-1-3-8-21/h9-10,13H,1-8,11H2,(H,26,29)(H2,27,28,30). The Morgan fingerprint density at radius 2 is 1.97 bits per heavy atom. The molecule has 2 heterocycles. The molecule has 2 aromatic rings. The van der Waals surface area contributed by atoms with E-state index in [1.807, 2.05) is 0 Å². The minimum Gasteiger partial charge on any atom is -0.450 e. The van der Waals surface area contributed by atoms with Crippen LogP contribution in [0.25, 0.3) is 11.0 Å². The van der Waals surface area contributed by atoms with Crippen LogP contribution in [-0.4, -0.2) is 24.4 Å². The Morgan fingerprint density at radius 3 is 2.65 bits per heavy atom. The molecule has 3 amide bonds. The molecule has 3 aliphatic rings. The van der Waals surface area contributed by atoms with Gasteiger partial charge in [-0.3, -0.25) is 4.79 Å². The summed E-state index contributed by atoms with van der Waals surface area (Å²) in [6, 6.07) is 2.82. The van der Waals surface area contributed by atoms with Gasteiger partial charge in [0.05, 0.1) is 22.8 Å². The highest BCUT2D eigenvalue weighted by Gasteiger charge is 2.45. The van der Waals surface area contributed by atoms with Crippen molar-refractivity contribution in [2.24, 2.45) is 5.92 Å². The number of fused-ring (bicyclic) bond motifs is 4. The number of furan rings is 1. The monoisotopic (exact) mass is 451 g/mol. The maximum atomic E-state index is 14.2. The summed E-state index contributed by atoms with van der Waals surface area (Å²) in [5.74, 6) is -4.34. The molecule has 0 bridgehead atoms. The lowest BCUT2D eigenvalue weighted by atomic mass is 9.74. The first-order valence-electron chi connectivity index (χ1n) is 10.8. The number of urea groups is 1. The van der Waals surface area contributed by atoms with Crippen LogP contribution >= 0.6 is 11.6 Å². The molecule has 2 aliphatic carbocycles. The van der Waals surface area contributed by atoms with Gasteiger partial charge < -0.3 is 20.4 Å². The number of rotatable bonds is 4. The Bertz CT molecular complexity index is 1060. The number of carbonyl (C=O) groups excluding carboxylic acids is 2. The van der Waals surface area contributed by atoms with Gasteiger partial charge in [0.25, 0.3) is 11.8 Å². The molecule has 2 saturated carbocycles. The van der Waals surface area contributed by atoms with Gasteiger partial charge in [-0.2, -0.15) is 0 Å². The number of amides is 3. The minimum absolute atomic E-state index is 0.0493. The molecule has 0 atom stereocenters. The lowest BCUT2D eigenvalue weighted by Crippen LogP contribution is -2.52. The van der Waals surface area contributed by atoms with Crippen molar-refractivity contribution in [1.82, 2.24) is 10.6 Å².